The van der Waals surface area contributed by atoms with Gasteiger partial charge in [0.25, 0.3) is 0 Å². The highest BCUT2D eigenvalue weighted by Gasteiger charge is 2.03. The van der Waals surface area contributed by atoms with E-state index in [9.17, 15) is 4.79 Å². The predicted octanol–water partition coefficient (Wildman–Crippen LogP) is 2.87. The lowest BCUT2D eigenvalue weighted by atomic mass is 10.1. The van der Waals surface area contributed by atoms with Crippen molar-refractivity contribution < 1.29 is 4.79 Å². The number of carbonyl (C=O) groups is 1. The Bertz CT molecular complexity index is 740. The first-order valence-electron chi connectivity index (χ1n) is 5.89. The third-order valence-electron chi connectivity index (χ3n) is 2.83. The van der Waals surface area contributed by atoms with Crippen LogP contribution in [0.5, 0.6) is 0 Å². The van der Waals surface area contributed by atoms with Crippen molar-refractivity contribution >= 4 is 23.1 Å². The number of carbonyl (C=O) groups excluding carboxylic acids is 1. The van der Waals surface area contributed by atoms with Gasteiger partial charge in [-0.25, -0.2) is 4.98 Å². The van der Waals surface area contributed by atoms with Gasteiger partial charge in [0, 0.05) is 11.3 Å². The number of rotatable bonds is 3. The molecule has 2 aromatic carbocycles. The smallest absolute Gasteiger partial charge is 0.211 e. The summed E-state index contributed by atoms with van der Waals surface area (Å²) >= 11 is 0. The number of nitrogens with zero attached hydrogens (tertiary/aromatic N) is 2. The standard InChI is InChI=1S/C15H11N3O/c19-10-17-12-5-3-4-11(8-12)15-9-16-13-6-1-2-7-14(13)18-15/h1-10H,(H,17,19). The van der Waals surface area contributed by atoms with Crippen molar-refractivity contribution in [1.82, 2.24) is 9.97 Å². The summed E-state index contributed by atoms with van der Waals surface area (Å²) in [7, 11) is 0. The van der Waals surface area contributed by atoms with Crippen molar-refractivity contribution in [2.75, 3.05) is 5.32 Å². The molecule has 4 nitrogen and oxygen atoms in total. The zero-order valence-corrected chi connectivity index (χ0v) is 10.1. The molecule has 19 heavy (non-hydrogen) atoms. The lowest BCUT2D eigenvalue weighted by Crippen LogP contribution is -1.94. The second-order valence-corrected chi connectivity index (χ2v) is 4.09. The van der Waals surface area contributed by atoms with E-state index in [0.717, 1.165) is 28.0 Å². The Hall–Kier alpha value is -2.75. The number of nitrogens with one attached hydrogen (secondary N) is 1. The number of amides is 1. The second kappa shape index (κ2) is 4.86. The molecule has 0 fully saturated rings. The number of benzene rings is 2. The van der Waals surface area contributed by atoms with Gasteiger partial charge in [-0.1, -0.05) is 24.3 Å². The van der Waals surface area contributed by atoms with Crippen molar-refractivity contribution in [3.8, 4) is 11.3 Å². The molecule has 0 atom stereocenters. The number of anilines is 1. The van der Waals surface area contributed by atoms with Gasteiger partial charge in [-0.05, 0) is 24.3 Å². The molecule has 0 spiro atoms. The van der Waals surface area contributed by atoms with Crippen LogP contribution in [0.15, 0.2) is 54.7 Å². The molecule has 92 valence electrons. The number of hydrogen-bond acceptors (Lipinski definition) is 3. The Labute approximate surface area is 110 Å². The summed E-state index contributed by atoms with van der Waals surface area (Å²) < 4.78 is 0. The highest BCUT2D eigenvalue weighted by Crippen LogP contribution is 2.21. The van der Waals surface area contributed by atoms with Crippen LogP contribution in [-0.2, 0) is 4.79 Å². The minimum Gasteiger partial charge on any atom is -0.329 e. The number of para-hydroxylation sites is 2. The fraction of sp³-hybridized carbons (Fsp3) is 0. The Morgan fingerprint density at radius 1 is 1.00 bits per heavy atom. The molecule has 1 aromatic heterocycles. The lowest BCUT2D eigenvalue weighted by Gasteiger charge is -2.04. The van der Waals surface area contributed by atoms with E-state index >= 15 is 0 Å². The maximum Gasteiger partial charge on any atom is 0.211 e. The zero-order chi connectivity index (χ0) is 13.1. The molecule has 1 N–H and O–H groups in total. The topological polar surface area (TPSA) is 54.9 Å². The molecule has 4 heteroatoms. The third kappa shape index (κ3) is 2.28. The molecule has 0 unspecified atom stereocenters. The van der Waals surface area contributed by atoms with Gasteiger partial charge in [0.05, 0.1) is 22.9 Å². The SMILES string of the molecule is O=CNc1cccc(-c2cnc3ccccc3n2)c1. The molecule has 0 radical (unpaired) electrons. The van der Waals surface area contributed by atoms with E-state index in [1.807, 2.05) is 48.5 Å². The summed E-state index contributed by atoms with van der Waals surface area (Å²) in [6.07, 6.45) is 2.40. The van der Waals surface area contributed by atoms with Crippen LogP contribution in [-0.4, -0.2) is 16.4 Å². The normalized spacial score (nSPS) is 10.3. The van der Waals surface area contributed by atoms with Crippen molar-refractivity contribution in [3.05, 3.63) is 54.7 Å². The summed E-state index contributed by atoms with van der Waals surface area (Å²) in [6.45, 7) is 0. The Morgan fingerprint density at radius 3 is 2.68 bits per heavy atom. The maximum absolute atomic E-state index is 10.5. The van der Waals surface area contributed by atoms with Gasteiger partial charge < -0.3 is 5.32 Å². The lowest BCUT2D eigenvalue weighted by molar-refractivity contribution is -0.105. The first-order chi connectivity index (χ1) is 9.36. The van der Waals surface area contributed by atoms with Crippen LogP contribution in [0, 0.1) is 0 Å². The number of hydrogen-bond donors (Lipinski definition) is 1. The summed E-state index contributed by atoms with van der Waals surface area (Å²) in [5, 5.41) is 2.63. The average Bonchev–Trinajstić information content (AvgIpc) is 2.47. The third-order valence-corrected chi connectivity index (χ3v) is 2.83. The Morgan fingerprint density at radius 2 is 1.84 bits per heavy atom. The molecule has 0 bridgehead atoms. The van der Waals surface area contributed by atoms with Crippen molar-refractivity contribution in [2.45, 2.75) is 0 Å². The van der Waals surface area contributed by atoms with E-state index in [-0.39, 0.29) is 0 Å². The van der Waals surface area contributed by atoms with Crippen molar-refractivity contribution in [3.63, 3.8) is 0 Å². The van der Waals surface area contributed by atoms with Crippen LogP contribution in [0.1, 0.15) is 0 Å². The Balaban J connectivity index is 2.08. The van der Waals surface area contributed by atoms with E-state index < -0.39 is 0 Å². The molecular formula is C15H11N3O. The van der Waals surface area contributed by atoms with E-state index in [1.165, 1.54) is 0 Å². The van der Waals surface area contributed by atoms with E-state index in [1.54, 1.807) is 6.20 Å². The Kier molecular flexibility index (Phi) is 2.90. The van der Waals surface area contributed by atoms with Crippen molar-refractivity contribution in [2.24, 2.45) is 0 Å². The summed E-state index contributed by atoms with van der Waals surface area (Å²) in [5.41, 5.74) is 4.17. The van der Waals surface area contributed by atoms with Gasteiger partial charge in [0.2, 0.25) is 6.41 Å². The van der Waals surface area contributed by atoms with Gasteiger partial charge in [-0.3, -0.25) is 9.78 Å². The minimum absolute atomic E-state index is 0.658. The quantitative estimate of drug-likeness (QED) is 0.726. The van der Waals surface area contributed by atoms with Gasteiger partial charge in [-0.15, -0.1) is 0 Å². The van der Waals surface area contributed by atoms with Crippen LogP contribution in [0.25, 0.3) is 22.3 Å². The van der Waals surface area contributed by atoms with Crippen LogP contribution in [0.4, 0.5) is 5.69 Å². The first kappa shape index (κ1) is 11.3. The van der Waals surface area contributed by atoms with Crippen LogP contribution < -0.4 is 5.32 Å². The molecule has 0 aliphatic rings. The van der Waals surface area contributed by atoms with Crippen molar-refractivity contribution in [1.29, 1.82) is 0 Å². The van der Waals surface area contributed by atoms with Crippen LogP contribution >= 0.6 is 0 Å². The highest BCUT2D eigenvalue weighted by molar-refractivity contribution is 5.79. The molecule has 0 aliphatic heterocycles. The highest BCUT2D eigenvalue weighted by atomic mass is 16.1. The molecule has 0 aliphatic carbocycles. The maximum atomic E-state index is 10.5. The molecular weight excluding hydrogens is 238 g/mol. The van der Waals surface area contributed by atoms with Crippen LogP contribution in [0.2, 0.25) is 0 Å². The van der Waals surface area contributed by atoms with Gasteiger partial charge in [-0.2, -0.15) is 0 Å². The molecule has 0 saturated heterocycles. The minimum atomic E-state index is 0.658. The molecule has 1 amide bonds. The molecule has 3 aromatic rings. The summed E-state index contributed by atoms with van der Waals surface area (Å²) in [4.78, 5) is 19.4. The largest absolute Gasteiger partial charge is 0.329 e. The van der Waals surface area contributed by atoms with E-state index in [2.05, 4.69) is 15.3 Å². The molecule has 0 saturated carbocycles. The van der Waals surface area contributed by atoms with Crippen LogP contribution in [0.3, 0.4) is 0 Å². The fourth-order valence-electron chi connectivity index (χ4n) is 1.93. The predicted molar refractivity (Wildman–Crippen MR) is 74.7 cm³/mol. The fourth-order valence-corrected chi connectivity index (χ4v) is 1.93. The molecule has 1 heterocycles. The van der Waals surface area contributed by atoms with E-state index in [4.69, 9.17) is 0 Å². The monoisotopic (exact) mass is 249 g/mol. The molecule has 3 rings (SSSR count). The van der Waals surface area contributed by atoms with Gasteiger partial charge in [0.1, 0.15) is 0 Å². The van der Waals surface area contributed by atoms with E-state index in [0.29, 0.717) is 6.41 Å². The number of fused-ring (bicyclic) bond motifs is 1. The first-order valence-corrected chi connectivity index (χ1v) is 5.89. The zero-order valence-electron chi connectivity index (χ0n) is 10.1. The number of aromatic nitrogens is 2. The average molecular weight is 249 g/mol. The van der Waals surface area contributed by atoms with Gasteiger partial charge >= 0.3 is 0 Å². The summed E-state index contributed by atoms with van der Waals surface area (Å²) in [6, 6.07) is 15.2. The summed E-state index contributed by atoms with van der Waals surface area (Å²) in [5.74, 6) is 0. The second-order valence-electron chi connectivity index (χ2n) is 4.09. The van der Waals surface area contributed by atoms with Gasteiger partial charge in [0.15, 0.2) is 0 Å².